The summed E-state index contributed by atoms with van der Waals surface area (Å²) in [7, 11) is -3.60. The molecule has 0 N–H and O–H groups in total. The van der Waals surface area contributed by atoms with Crippen molar-refractivity contribution in [2.24, 2.45) is 5.92 Å². The molecule has 6 nitrogen and oxygen atoms in total. The highest BCUT2D eigenvalue weighted by molar-refractivity contribution is 7.89. The van der Waals surface area contributed by atoms with E-state index in [0.29, 0.717) is 31.0 Å². The van der Waals surface area contributed by atoms with E-state index in [9.17, 15) is 13.2 Å². The lowest BCUT2D eigenvalue weighted by Gasteiger charge is -2.38. The number of benzene rings is 2. The van der Waals surface area contributed by atoms with Crippen molar-refractivity contribution in [2.75, 3.05) is 39.3 Å². The van der Waals surface area contributed by atoms with E-state index in [1.54, 1.807) is 6.07 Å². The van der Waals surface area contributed by atoms with Crippen molar-refractivity contribution in [3.63, 3.8) is 0 Å². The van der Waals surface area contributed by atoms with Gasteiger partial charge in [0.25, 0.3) is 0 Å². The van der Waals surface area contributed by atoms with Crippen LogP contribution in [0.1, 0.15) is 29.5 Å². The van der Waals surface area contributed by atoms with Crippen LogP contribution >= 0.6 is 0 Å². The van der Waals surface area contributed by atoms with Crippen LogP contribution in [0.15, 0.2) is 53.4 Å². The number of carbonyl (C=O) groups excluding carboxylic acids is 1. The van der Waals surface area contributed by atoms with E-state index >= 15 is 0 Å². The fourth-order valence-electron chi connectivity index (χ4n) is 4.71. The number of sulfonamides is 1. The van der Waals surface area contributed by atoms with Crippen molar-refractivity contribution in [2.45, 2.75) is 38.1 Å². The molecule has 4 rings (SSSR count). The number of amides is 1. The highest BCUT2D eigenvalue weighted by atomic mass is 32.2. The molecule has 0 radical (unpaired) electrons. The lowest BCUT2D eigenvalue weighted by molar-refractivity contribution is -0.138. The molecule has 0 unspecified atom stereocenters. The summed E-state index contributed by atoms with van der Waals surface area (Å²) in [5, 5.41) is 0. The quantitative estimate of drug-likeness (QED) is 0.695. The molecule has 0 spiro atoms. The number of piperazine rings is 1. The molecular formula is C25H33N3O3S. The van der Waals surface area contributed by atoms with E-state index in [4.69, 9.17) is 0 Å². The predicted molar refractivity (Wildman–Crippen MR) is 126 cm³/mol. The summed E-state index contributed by atoms with van der Waals surface area (Å²) in [4.78, 5) is 17.9. The van der Waals surface area contributed by atoms with Crippen molar-refractivity contribution in [1.82, 2.24) is 14.1 Å². The molecule has 0 saturated carbocycles. The minimum atomic E-state index is -3.60. The normalized spacial score (nSPS) is 20.9. The molecule has 2 aliphatic rings. The zero-order valence-electron chi connectivity index (χ0n) is 19.0. The van der Waals surface area contributed by atoms with Gasteiger partial charge in [0.05, 0.1) is 10.8 Å². The highest BCUT2D eigenvalue weighted by Gasteiger charge is 2.36. The van der Waals surface area contributed by atoms with Gasteiger partial charge in [-0.05, 0) is 49.4 Å². The van der Waals surface area contributed by atoms with Crippen molar-refractivity contribution in [1.29, 1.82) is 0 Å². The monoisotopic (exact) mass is 455 g/mol. The van der Waals surface area contributed by atoms with Gasteiger partial charge in [-0.15, -0.1) is 0 Å². The smallest absolute Gasteiger partial charge is 0.243 e. The summed E-state index contributed by atoms with van der Waals surface area (Å²) >= 11 is 0. The molecule has 7 heteroatoms. The summed E-state index contributed by atoms with van der Waals surface area (Å²) in [5.41, 5.74) is 2.96. The number of rotatable bonds is 5. The standard InChI is InChI=1S/C25H33N3O3S/c1-20-10-11-21(2)24(17-20)32(30,31)28-12-6-9-23(19-28)25(29)27-15-13-26(14-16-27)18-22-7-4-3-5-8-22/h3-5,7-8,10-11,17,23H,6,9,12-16,18-19H2,1-2H3/t23-/m0/s1. The van der Waals surface area contributed by atoms with Crippen LogP contribution in [0.25, 0.3) is 0 Å². The van der Waals surface area contributed by atoms with Gasteiger partial charge in [0.15, 0.2) is 0 Å². The summed E-state index contributed by atoms with van der Waals surface area (Å²) in [5.74, 6) is -0.158. The topological polar surface area (TPSA) is 60.9 Å². The summed E-state index contributed by atoms with van der Waals surface area (Å²) in [6.07, 6.45) is 1.47. The Morgan fingerprint density at radius 2 is 1.69 bits per heavy atom. The first-order chi connectivity index (χ1) is 15.3. The van der Waals surface area contributed by atoms with Crippen LogP contribution in [0, 0.1) is 19.8 Å². The molecule has 1 atom stereocenters. The molecule has 1 amide bonds. The molecule has 2 heterocycles. The fraction of sp³-hybridized carbons (Fsp3) is 0.480. The summed E-state index contributed by atoms with van der Waals surface area (Å²) in [6, 6.07) is 15.9. The van der Waals surface area contributed by atoms with Gasteiger partial charge in [-0.25, -0.2) is 8.42 Å². The Labute approximate surface area is 191 Å². The van der Waals surface area contributed by atoms with Gasteiger partial charge in [0, 0.05) is 45.8 Å². The number of hydrogen-bond donors (Lipinski definition) is 0. The van der Waals surface area contributed by atoms with Crippen LogP contribution in [0.5, 0.6) is 0 Å². The molecule has 32 heavy (non-hydrogen) atoms. The first kappa shape index (κ1) is 23.0. The molecular weight excluding hydrogens is 422 g/mol. The van der Waals surface area contributed by atoms with E-state index < -0.39 is 10.0 Å². The average Bonchev–Trinajstić information content (AvgIpc) is 2.81. The average molecular weight is 456 g/mol. The Kier molecular flexibility index (Phi) is 6.98. The van der Waals surface area contributed by atoms with Gasteiger partial charge in [-0.3, -0.25) is 9.69 Å². The van der Waals surface area contributed by atoms with Crippen molar-refractivity contribution >= 4 is 15.9 Å². The summed E-state index contributed by atoms with van der Waals surface area (Å²) in [6.45, 7) is 8.47. The van der Waals surface area contributed by atoms with Gasteiger partial charge < -0.3 is 4.90 Å². The Morgan fingerprint density at radius 3 is 2.41 bits per heavy atom. The van der Waals surface area contributed by atoms with Crippen LogP contribution in [-0.4, -0.2) is 67.7 Å². The molecule has 2 fully saturated rings. The van der Waals surface area contributed by atoms with Gasteiger partial charge in [-0.2, -0.15) is 4.31 Å². The number of carbonyl (C=O) groups is 1. The second kappa shape index (κ2) is 9.73. The maximum absolute atomic E-state index is 13.3. The van der Waals surface area contributed by atoms with E-state index in [1.165, 1.54) is 9.87 Å². The molecule has 0 aromatic heterocycles. The maximum Gasteiger partial charge on any atom is 0.243 e. The second-order valence-electron chi connectivity index (χ2n) is 9.06. The Balaban J connectivity index is 1.37. The Hall–Kier alpha value is -2.22. The Morgan fingerprint density at radius 1 is 0.969 bits per heavy atom. The van der Waals surface area contributed by atoms with Crippen LogP contribution in [0.4, 0.5) is 0 Å². The maximum atomic E-state index is 13.3. The van der Waals surface area contributed by atoms with Gasteiger partial charge in [0.1, 0.15) is 0 Å². The van der Waals surface area contributed by atoms with Crippen LogP contribution in [0.3, 0.4) is 0 Å². The molecule has 172 valence electrons. The largest absolute Gasteiger partial charge is 0.340 e. The van der Waals surface area contributed by atoms with E-state index in [2.05, 4.69) is 29.2 Å². The number of piperidine rings is 1. The third-order valence-corrected chi connectivity index (χ3v) is 8.63. The highest BCUT2D eigenvalue weighted by Crippen LogP contribution is 2.27. The zero-order valence-corrected chi connectivity index (χ0v) is 19.9. The van der Waals surface area contributed by atoms with Gasteiger partial charge >= 0.3 is 0 Å². The number of aryl methyl sites for hydroxylation is 2. The van der Waals surface area contributed by atoms with Crippen LogP contribution < -0.4 is 0 Å². The Bertz CT molecular complexity index is 1050. The molecule has 2 aromatic carbocycles. The zero-order chi connectivity index (χ0) is 22.7. The predicted octanol–water partition coefficient (Wildman–Crippen LogP) is 3.05. The first-order valence-electron chi connectivity index (χ1n) is 11.5. The minimum absolute atomic E-state index is 0.102. The second-order valence-corrected chi connectivity index (χ2v) is 11.0. The lowest BCUT2D eigenvalue weighted by atomic mass is 9.97. The van der Waals surface area contributed by atoms with E-state index in [-0.39, 0.29) is 18.4 Å². The first-order valence-corrected chi connectivity index (χ1v) is 12.9. The SMILES string of the molecule is Cc1ccc(C)c(S(=O)(=O)N2CCC[C@H](C(=O)N3CCN(Cc4ccccc4)CC3)C2)c1. The number of nitrogens with zero attached hydrogens (tertiary/aromatic N) is 3. The van der Waals surface area contributed by atoms with Crippen molar-refractivity contribution in [3.8, 4) is 0 Å². The van der Waals surface area contributed by atoms with Crippen LogP contribution in [0.2, 0.25) is 0 Å². The van der Waals surface area contributed by atoms with Crippen LogP contribution in [-0.2, 0) is 21.4 Å². The third kappa shape index (κ3) is 5.05. The molecule has 2 saturated heterocycles. The molecule has 2 aliphatic heterocycles. The van der Waals surface area contributed by atoms with Crippen molar-refractivity contribution < 1.29 is 13.2 Å². The van der Waals surface area contributed by atoms with E-state index in [0.717, 1.165) is 37.2 Å². The lowest BCUT2D eigenvalue weighted by Crippen LogP contribution is -2.52. The van der Waals surface area contributed by atoms with Gasteiger partial charge in [0.2, 0.25) is 15.9 Å². The molecule has 2 aromatic rings. The molecule has 0 aliphatic carbocycles. The summed E-state index contributed by atoms with van der Waals surface area (Å²) < 4.78 is 28.2. The number of hydrogen-bond acceptors (Lipinski definition) is 4. The van der Waals surface area contributed by atoms with Gasteiger partial charge in [-0.1, -0.05) is 42.5 Å². The minimum Gasteiger partial charge on any atom is -0.340 e. The van der Waals surface area contributed by atoms with Crippen molar-refractivity contribution in [3.05, 3.63) is 65.2 Å². The molecule has 0 bridgehead atoms. The fourth-order valence-corrected chi connectivity index (χ4v) is 6.55. The van der Waals surface area contributed by atoms with E-state index in [1.807, 2.05) is 36.9 Å². The third-order valence-electron chi connectivity index (χ3n) is 6.63.